The van der Waals surface area contributed by atoms with E-state index in [-0.39, 0.29) is 18.4 Å². The van der Waals surface area contributed by atoms with E-state index < -0.39 is 0 Å². The van der Waals surface area contributed by atoms with Gasteiger partial charge in [0.25, 0.3) is 5.91 Å². The lowest BCUT2D eigenvalue weighted by Crippen LogP contribution is -2.41. The fourth-order valence-corrected chi connectivity index (χ4v) is 2.69. The highest BCUT2D eigenvalue weighted by molar-refractivity contribution is 5.92. The molecular weight excluding hydrogens is 254 g/mol. The zero-order valence-electron chi connectivity index (χ0n) is 12.7. The van der Waals surface area contributed by atoms with Crippen LogP contribution in [0.3, 0.4) is 0 Å². The second-order valence-electron chi connectivity index (χ2n) is 5.87. The van der Waals surface area contributed by atoms with E-state index >= 15 is 0 Å². The van der Waals surface area contributed by atoms with Gasteiger partial charge < -0.3 is 10.0 Å². The molecule has 5 heteroatoms. The van der Waals surface area contributed by atoms with E-state index in [4.69, 9.17) is 0 Å². The SMILES string of the molecule is CCn1nc(C(C)C)cc1C(=O)N1CCCC(CO)C1. The van der Waals surface area contributed by atoms with Crippen molar-refractivity contribution in [2.75, 3.05) is 19.7 Å². The number of hydrogen-bond donors (Lipinski definition) is 1. The number of carbonyl (C=O) groups is 1. The Morgan fingerprint density at radius 2 is 2.30 bits per heavy atom. The molecule has 112 valence electrons. The Kier molecular flexibility index (Phi) is 4.81. The maximum Gasteiger partial charge on any atom is 0.272 e. The van der Waals surface area contributed by atoms with Gasteiger partial charge >= 0.3 is 0 Å². The van der Waals surface area contributed by atoms with Gasteiger partial charge in [-0.2, -0.15) is 5.10 Å². The second kappa shape index (κ2) is 6.39. The van der Waals surface area contributed by atoms with Gasteiger partial charge in [-0.1, -0.05) is 13.8 Å². The van der Waals surface area contributed by atoms with Crippen LogP contribution in [0.5, 0.6) is 0 Å². The van der Waals surface area contributed by atoms with Gasteiger partial charge in [0.2, 0.25) is 0 Å². The van der Waals surface area contributed by atoms with Gasteiger partial charge in [0, 0.05) is 26.2 Å². The van der Waals surface area contributed by atoms with Gasteiger partial charge in [-0.3, -0.25) is 9.48 Å². The number of amides is 1. The van der Waals surface area contributed by atoms with Crippen LogP contribution in [-0.2, 0) is 6.54 Å². The highest BCUT2D eigenvalue weighted by Crippen LogP contribution is 2.20. The summed E-state index contributed by atoms with van der Waals surface area (Å²) in [6.07, 6.45) is 1.97. The summed E-state index contributed by atoms with van der Waals surface area (Å²) >= 11 is 0. The molecule has 0 bridgehead atoms. The first-order valence-corrected chi connectivity index (χ1v) is 7.54. The molecule has 5 nitrogen and oxygen atoms in total. The van der Waals surface area contributed by atoms with Crippen LogP contribution in [-0.4, -0.2) is 45.4 Å². The maximum absolute atomic E-state index is 12.7. The van der Waals surface area contributed by atoms with Crippen molar-refractivity contribution in [3.05, 3.63) is 17.5 Å². The van der Waals surface area contributed by atoms with E-state index in [0.717, 1.165) is 25.1 Å². The van der Waals surface area contributed by atoms with Crippen molar-refractivity contribution < 1.29 is 9.90 Å². The van der Waals surface area contributed by atoms with E-state index in [9.17, 15) is 9.90 Å². The molecule has 20 heavy (non-hydrogen) atoms. The molecule has 1 aromatic rings. The molecule has 0 aliphatic carbocycles. The molecule has 0 aromatic carbocycles. The van der Waals surface area contributed by atoms with Crippen molar-refractivity contribution in [1.29, 1.82) is 0 Å². The average Bonchev–Trinajstić information content (AvgIpc) is 2.91. The normalized spacial score (nSPS) is 19.6. The van der Waals surface area contributed by atoms with E-state index in [2.05, 4.69) is 18.9 Å². The van der Waals surface area contributed by atoms with Gasteiger partial charge in [0.15, 0.2) is 0 Å². The summed E-state index contributed by atoms with van der Waals surface area (Å²) in [5.74, 6) is 0.584. The summed E-state index contributed by atoms with van der Waals surface area (Å²) in [7, 11) is 0. The first-order chi connectivity index (χ1) is 9.56. The topological polar surface area (TPSA) is 58.4 Å². The molecule has 2 rings (SSSR count). The summed E-state index contributed by atoms with van der Waals surface area (Å²) in [5.41, 5.74) is 1.64. The molecule has 1 amide bonds. The molecule has 1 saturated heterocycles. The van der Waals surface area contributed by atoms with Crippen molar-refractivity contribution in [3.63, 3.8) is 0 Å². The molecule has 1 aromatic heterocycles. The molecule has 0 spiro atoms. The van der Waals surface area contributed by atoms with Gasteiger partial charge in [-0.15, -0.1) is 0 Å². The van der Waals surface area contributed by atoms with E-state index in [1.54, 1.807) is 4.68 Å². The molecule has 0 saturated carbocycles. The molecule has 1 N–H and O–H groups in total. The molecular formula is C15H25N3O2. The Morgan fingerprint density at radius 1 is 1.55 bits per heavy atom. The fourth-order valence-electron chi connectivity index (χ4n) is 2.69. The van der Waals surface area contributed by atoms with Crippen LogP contribution in [0.25, 0.3) is 0 Å². The third kappa shape index (κ3) is 3.03. The minimum Gasteiger partial charge on any atom is -0.396 e. The largest absolute Gasteiger partial charge is 0.396 e. The Bertz CT molecular complexity index is 468. The fraction of sp³-hybridized carbons (Fsp3) is 0.733. The Morgan fingerprint density at radius 3 is 2.90 bits per heavy atom. The first-order valence-electron chi connectivity index (χ1n) is 7.54. The zero-order valence-corrected chi connectivity index (χ0v) is 12.7. The summed E-state index contributed by atoms with van der Waals surface area (Å²) in [6.45, 7) is 8.46. The van der Waals surface area contributed by atoms with Crippen LogP contribution >= 0.6 is 0 Å². The van der Waals surface area contributed by atoms with E-state index in [0.29, 0.717) is 24.7 Å². The quantitative estimate of drug-likeness (QED) is 0.915. The highest BCUT2D eigenvalue weighted by atomic mass is 16.3. The minimum atomic E-state index is 0.0457. The smallest absolute Gasteiger partial charge is 0.272 e. The van der Waals surface area contributed by atoms with Crippen molar-refractivity contribution in [1.82, 2.24) is 14.7 Å². The molecule has 1 unspecified atom stereocenters. The van der Waals surface area contributed by atoms with Crippen molar-refractivity contribution in [2.45, 2.75) is 46.1 Å². The monoisotopic (exact) mass is 279 g/mol. The number of rotatable bonds is 4. The average molecular weight is 279 g/mol. The second-order valence-corrected chi connectivity index (χ2v) is 5.87. The first kappa shape index (κ1) is 15.0. The third-order valence-corrected chi connectivity index (χ3v) is 3.97. The van der Waals surface area contributed by atoms with Gasteiger partial charge in [-0.25, -0.2) is 0 Å². The molecule has 1 aliphatic rings. The number of aliphatic hydroxyl groups excluding tert-OH is 1. The number of carbonyl (C=O) groups excluding carboxylic acids is 1. The van der Waals surface area contributed by atoms with Crippen molar-refractivity contribution >= 4 is 5.91 Å². The number of piperidine rings is 1. The lowest BCUT2D eigenvalue weighted by Gasteiger charge is -2.31. The Labute approximate surface area is 120 Å². The summed E-state index contributed by atoms with van der Waals surface area (Å²) in [5, 5.41) is 13.8. The van der Waals surface area contributed by atoms with Crippen molar-refractivity contribution in [2.24, 2.45) is 5.92 Å². The van der Waals surface area contributed by atoms with Crippen LogP contribution < -0.4 is 0 Å². The number of aryl methyl sites for hydroxylation is 1. The molecule has 0 radical (unpaired) electrons. The zero-order chi connectivity index (χ0) is 14.7. The van der Waals surface area contributed by atoms with E-state index in [1.807, 2.05) is 17.9 Å². The van der Waals surface area contributed by atoms with Crippen LogP contribution in [0.2, 0.25) is 0 Å². The molecule has 2 heterocycles. The Balaban J connectivity index is 2.19. The molecule has 1 atom stereocenters. The van der Waals surface area contributed by atoms with Gasteiger partial charge in [0.1, 0.15) is 5.69 Å². The summed E-state index contributed by atoms with van der Waals surface area (Å²) < 4.78 is 1.79. The van der Waals surface area contributed by atoms with Crippen LogP contribution in [0.1, 0.15) is 55.7 Å². The standard InChI is InChI=1S/C15H25N3O2/c1-4-18-14(8-13(16-18)11(2)3)15(20)17-7-5-6-12(9-17)10-19/h8,11-12,19H,4-7,9-10H2,1-3H3. The van der Waals surface area contributed by atoms with Crippen LogP contribution in [0.15, 0.2) is 6.07 Å². The summed E-state index contributed by atoms with van der Waals surface area (Å²) in [4.78, 5) is 14.5. The van der Waals surface area contributed by atoms with Crippen LogP contribution in [0, 0.1) is 5.92 Å². The van der Waals surface area contributed by atoms with E-state index in [1.165, 1.54) is 0 Å². The minimum absolute atomic E-state index is 0.0457. The molecule has 1 fully saturated rings. The molecule has 1 aliphatic heterocycles. The number of aliphatic hydroxyl groups is 1. The predicted molar refractivity (Wildman–Crippen MR) is 77.7 cm³/mol. The third-order valence-electron chi connectivity index (χ3n) is 3.97. The van der Waals surface area contributed by atoms with Gasteiger partial charge in [0.05, 0.1) is 5.69 Å². The van der Waals surface area contributed by atoms with Crippen molar-refractivity contribution in [3.8, 4) is 0 Å². The lowest BCUT2D eigenvalue weighted by molar-refractivity contribution is 0.0609. The number of hydrogen-bond acceptors (Lipinski definition) is 3. The number of aromatic nitrogens is 2. The maximum atomic E-state index is 12.7. The predicted octanol–water partition coefficient (Wildman–Crippen LogP) is 1.87. The Hall–Kier alpha value is -1.36. The summed E-state index contributed by atoms with van der Waals surface area (Å²) in [6, 6.07) is 1.92. The number of likely N-dealkylation sites (tertiary alicyclic amines) is 1. The van der Waals surface area contributed by atoms with Gasteiger partial charge in [-0.05, 0) is 37.7 Å². The van der Waals surface area contributed by atoms with Crippen LogP contribution in [0.4, 0.5) is 0 Å². The highest BCUT2D eigenvalue weighted by Gasteiger charge is 2.26. The lowest BCUT2D eigenvalue weighted by atomic mass is 9.99. The number of nitrogens with zero attached hydrogens (tertiary/aromatic N) is 3.